The first-order valence-electron chi connectivity index (χ1n) is 4.24. The van der Waals surface area contributed by atoms with Gasteiger partial charge in [-0.25, -0.2) is 0 Å². The van der Waals surface area contributed by atoms with Crippen molar-refractivity contribution >= 4 is 17.4 Å². The molecule has 1 aromatic carbocycles. The molecule has 0 amide bonds. The molecule has 0 aliphatic heterocycles. The first-order chi connectivity index (χ1) is 6.68. The Bertz CT molecular complexity index is 462. The maximum atomic E-state index is 5.91. The van der Waals surface area contributed by atoms with E-state index in [1.165, 1.54) is 0 Å². The standard InChI is InChI=1S/C10H10ClN3/c1-6-2-3-7(11)4-8(6)9-5-13-14-10(9)12/h2-5H,1H3,(H3,12,13,14). The average molecular weight is 208 g/mol. The number of nitrogen functional groups attached to an aromatic ring is 1. The van der Waals surface area contributed by atoms with Crippen molar-refractivity contribution in [1.29, 1.82) is 0 Å². The van der Waals surface area contributed by atoms with Gasteiger partial charge in [-0.1, -0.05) is 17.7 Å². The van der Waals surface area contributed by atoms with Crippen molar-refractivity contribution in [3.05, 3.63) is 35.0 Å². The Kier molecular flexibility index (Phi) is 2.17. The number of H-pyrrole nitrogens is 1. The van der Waals surface area contributed by atoms with Gasteiger partial charge in [-0.15, -0.1) is 0 Å². The molecule has 14 heavy (non-hydrogen) atoms. The molecule has 2 aromatic rings. The molecule has 0 fully saturated rings. The van der Waals surface area contributed by atoms with E-state index in [1.807, 2.05) is 25.1 Å². The van der Waals surface area contributed by atoms with E-state index >= 15 is 0 Å². The maximum Gasteiger partial charge on any atom is 0.126 e. The Hall–Kier alpha value is -1.48. The Morgan fingerprint density at radius 1 is 1.36 bits per heavy atom. The lowest BCUT2D eigenvalue weighted by Crippen LogP contribution is -1.89. The number of aryl methyl sites for hydroxylation is 1. The van der Waals surface area contributed by atoms with Crippen LogP contribution in [-0.4, -0.2) is 10.2 Å². The highest BCUT2D eigenvalue weighted by molar-refractivity contribution is 6.30. The van der Waals surface area contributed by atoms with Crippen LogP contribution in [0, 0.1) is 6.92 Å². The van der Waals surface area contributed by atoms with Gasteiger partial charge < -0.3 is 5.73 Å². The second-order valence-electron chi connectivity index (χ2n) is 3.16. The van der Waals surface area contributed by atoms with Crippen molar-refractivity contribution in [3.63, 3.8) is 0 Å². The van der Waals surface area contributed by atoms with Crippen LogP contribution < -0.4 is 5.73 Å². The van der Waals surface area contributed by atoms with Crippen molar-refractivity contribution < 1.29 is 0 Å². The Labute approximate surface area is 86.9 Å². The minimum Gasteiger partial charge on any atom is -0.384 e. The number of nitrogens with zero attached hydrogens (tertiary/aromatic N) is 1. The van der Waals surface area contributed by atoms with Gasteiger partial charge in [0.1, 0.15) is 5.82 Å². The fourth-order valence-corrected chi connectivity index (χ4v) is 1.57. The second-order valence-corrected chi connectivity index (χ2v) is 3.59. The van der Waals surface area contributed by atoms with Crippen LogP contribution in [0.2, 0.25) is 5.02 Å². The Balaban J connectivity index is 2.62. The van der Waals surface area contributed by atoms with Crippen LogP contribution in [0.4, 0.5) is 5.82 Å². The summed E-state index contributed by atoms with van der Waals surface area (Å²) in [6, 6.07) is 5.71. The van der Waals surface area contributed by atoms with E-state index < -0.39 is 0 Å². The van der Waals surface area contributed by atoms with Gasteiger partial charge >= 0.3 is 0 Å². The average Bonchev–Trinajstić information content (AvgIpc) is 2.56. The van der Waals surface area contributed by atoms with E-state index in [9.17, 15) is 0 Å². The van der Waals surface area contributed by atoms with E-state index in [-0.39, 0.29) is 0 Å². The lowest BCUT2D eigenvalue weighted by Gasteiger charge is -2.04. The summed E-state index contributed by atoms with van der Waals surface area (Å²) in [6.07, 6.45) is 1.70. The number of nitrogens with two attached hydrogens (primary N) is 1. The van der Waals surface area contributed by atoms with Crippen LogP contribution in [0.1, 0.15) is 5.56 Å². The molecule has 0 bridgehead atoms. The van der Waals surface area contributed by atoms with Gasteiger partial charge in [-0.3, -0.25) is 5.10 Å². The van der Waals surface area contributed by atoms with Crippen LogP contribution in [0.25, 0.3) is 11.1 Å². The minimum atomic E-state index is 0.565. The summed E-state index contributed by atoms with van der Waals surface area (Å²) in [5, 5.41) is 7.27. The molecule has 0 saturated carbocycles. The first-order valence-corrected chi connectivity index (χ1v) is 4.61. The van der Waals surface area contributed by atoms with E-state index in [4.69, 9.17) is 17.3 Å². The molecule has 4 heteroatoms. The summed E-state index contributed by atoms with van der Waals surface area (Å²) in [5.41, 5.74) is 8.77. The van der Waals surface area contributed by atoms with Gasteiger partial charge in [0, 0.05) is 10.6 Å². The predicted octanol–water partition coefficient (Wildman–Crippen LogP) is 2.62. The number of aromatic amines is 1. The van der Waals surface area contributed by atoms with Crippen molar-refractivity contribution in [3.8, 4) is 11.1 Å². The summed E-state index contributed by atoms with van der Waals surface area (Å²) in [7, 11) is 0. The molecule has 1 aromatic heterocycles. The number of nitrogens with one attached hydrogen (secondary N) is 1. The third kappa shape index (κ3) is 1.46. The fourth-order valence-electron chi connectivity index (χ4n) is 1.40. The zero-order valence-corrected chi connectivity index (χ0v) is 8.47. The third-order valence-corrected chi connectivity index (χ3v) is 2.39. The van der Waals surface area contributed by atoms with Crippen molar-refractivity contribution in [2.75, 3.05) is 5.73 Å². The minimum absolute atomic E-state index is 0.565. The Morgan fingerprint density at radius 2 is 2.14 bits per heavy atom. The number of hydrogen-bond acceptors (Lipinski definition) is 2. The molecule has 1 heterocycles. The molecule has 72 valence electrons. The van der Waals surface area contributed by atoms with Gasteiger partial charge in [0.25, 0.3) is 0 Å². The lowest BCUT2D eigenvalue weighted by atomic mass is 10.0. The molecule has 0 aliphatic carbocycles. The highest BCUT2D eigenvalue weighted by Gasteiger charge is 2.07. The first kappa shape index (κ1) is 9.09. The van der Waals surface area contributed by atoms with Crippen LogP contribution in [0.15, 0.2) is 24.4 Å². The van der Waals surface area contributed by atoms with Crippen LogP contribution >= 0.6 is 11.6 Å². The van der Waals surface area contributed by atoms with Gasteiger partial charge in [-0.2, -0.15) is 5.10 Å². The van der Waals surface area contributed by atoms with Crippen LogP contribution in [-0.2, 0) is 0 Å². The van der Waals surface area contributed by atoms with E-state index in [0.717, 1.165) is 16.7 Å². The van der Waals surface area contributed by atoms with Gasteiger partial charge in [0.15, 0.2) is 0 Å². The summed E-state index contributed by atoms with van der Waals surface area (Å²) in [5.74, 6) is 0.565. The lowest BCUT2D eigenvalue weighted by molar-refractivity contribution is 1.10. The number of benzene rings is 1. The van der Waals surface area contributed by atoms with E-state index in [1.54, 1.807) is 6.20 Å². The summed E-state index contributed by atoms with van der Waals surface area (Å²) in [4.78, 5) is 0. The highest BCUT2D eigenvalue weighted by atomic mass is 35.5. The monoisotopic (exact) mass is 207 g/mol. The zero-order chi connectivity index (χ0) is 10.1. The third-order valence-electron chi connectivity index (χ3n) is 2.16. The van der Waals surface area contributed by atoms with Crippen molar-refractivity contribution in [1.82, 2.24) is 10.2 Å². The molecule has 3 N–H and O–H groups in total. The highest BCUT2D eigenvalue weighted by Crippen LogP contribution is 2.29. The molecular formula is C10H10ClN3. The number of halogens is 1. The van der Waals surface area contributed by atoms with Crippen molar-refractivity contribution in [2.24, 2.45) is 0 Å². The molecular weight excluding hydrogens is 198 g/mol. The quantitative estimate of drug-likeness (QED) is 0.755. The molecule has 0 aliphatic rings. The zero-order valence-electron chi connectivity index (χ0n) is 7.71. The molecule has 0 radical (unpaired) electrons. The van der Waals surface area contributed by atoms with Gasteiger partial charge in [0.05, 0.1) is 6.20 Å². The largest absolute Gasteiger partial charge is 0.384 e. The summed E-state index contributed by atoms with van der Waals surface area (Å²) < 4.78 is 0. The molecule has 0 unspecified atom stereocenters. The predicted molar refractivity (Wildman–Crippen MR) is 58.2 cm³/mol. The summed E-state index contributed by atoms with van der Waals surface area (Å²) >= 11 is 5.91. The SMILES string of the molecule is Cc1ccc(Cl)cc1-c1cn[nH]c1N. The second kappa shape index (κ2) is 3.35. The molecule has 2 rings (SSSR count). The number of anilines is 1. The number of hydrogen-bond donors (Lipinski definition) is 2. The fraction of sp³-hybridized carbons (Fsp3) is 0.100. The van der Waals surface area contributed by atoms with E-state index in [0.29, 0.717) is 10.8 Å². The summed E-state index contributed by atoms with van der Waals surface area (Å²) in [6.45, 7) is 2.01. The van der Waals surface area contributed by atoms with E-state index in [2.05, 4.69) is 10.2 Å². The Morgan fingerprint density at radius 3 is 2.79 bits per heavy atom. The van der Waals surface area contributed by atoms with Crippen LogP contribution in [0.3, 0.4) is 0 Å². The smallest absolute Gasteiger partial charge is 0.126 e. The molecule has 0 atom stereocenters. The normalized spacial score (nSPS) is 10.4. The van der Waals surface area contributed by atoms with Crippen LogP contribution in [0.5, 0.6) is 0 Å². The van der Waals surface area contributed by atoms with Crippen molar-refractivity contribution in [2.45, 2.75) is 6.92 Å². The maximum absolute atomic E-state index is 5.91. The molecule has 0 spiro atoms. The molecule has 0 saturated heterocycles. The van der Waals surface area contributed by atoms with Gasteiger partial charge in [-0.05, 0) is 30.2 Å². The number of rotatable bonds is 1. The molecule has 3 nitrogen and oxygen atoms in total. The number of aromatic nitrogens is 2. The van der Waals surface area contributed by atoms with Gasteiger partial charge in [0.2, 0.25) is 0 Å². The topological polar surface area (TPSA) is 54.7 Å².